The first-order valence-corrected chi connectivity index (χ1v) is 9.57. The number of amides is 1. The van der Waals surface area contributed by atoms with Gasteiger partial charge in [-0.3, -0.25) is 15.4 Å². The molecular formula is C21H13F5N4O5. The molecule has 182 valence electrons. The second-order valence-corrected chi connectivity index (χ2v) is 7.03. The normalized spacial score (nSPS) is 17.7. The van der Waals surface area contributed by atoms with Gasteiger partial charge in [0.25, 0.3) is 0 Å². The van der Waals surface area contributed by atoms with Crippen molar-refractivity contribution < 1.29 is 46.2 Å². The fourth-order valence-corrected chi connectivity index (χ4v) is 3.11. The summed E-state index contributed by atoms with van der Waals surface area (Å²) in [5, 5.41) is 19.8. The molecule has 0 aliphatic carbocycles. The van der Waals surface area contributed by atoms with E-state index in [1.54, 1.807) is 6.07 Å². The van der Waals surface area contributed by atoms with Gasteiger partial charge in [0, 0.05) is 12.1 Å². The van der Waals surface area contributed by atoms with Crippen molar-refractivity contribution in [2.24, 2.45) is 0 Å². The number of ether oxygens (including phenoxy) is 3. The van der Waals surface area contributed by atoms with Gasteiger partial charge in [0.15, 0.2) is 5.82 Å². The number of carbonyl (C=O) groups excluding carboxylic acids is 1. The number of halogens is 5. The van der Waals surface area contributed by atoms with Crippen LogP contribution >= 0.6 is 0 Å². The fraction of sp³-hybridized carbons (Fsp3) is 0.143. The molecule has 0 saturated heterocycles. The molecule has 2 heterocycles. The summed E-state index contributed by atoms with van der Waals surface area (Å²) in [6, 6.07) is 7.66. The summed E-state index contributed by atoms with van der Waals surface area (Å²) in [4.78, 5) is 11.6. The topological polar surface area (TPSA) is 107 Å². The SMILES string of the molecule is N#CC1=CC(Oc2ccc(NN(C=O)c3ccc4c(c3)C(F)(F)OC(F)(F)O4)c(F)c2)=CCN1O. The van der Waals surface area contributed by atoms with Gasteiger partial charge in [-0.05, 0) is 36.4 Å². The number of nitrogens with one attached hydrogen (secondary N) is 1. The third-order valence-corrected chi connectivity index (χ3v) is 4.69. The van der Waals surface area contributed by atoms with E-state index < -0.39 is 29.5 Å². The quantitative estimate of drug-likeness (QED) is 0.348. The maximum atomic E-state index is 14.6. The molecule has 0 atom stereocenters. The average molecular weight is 496 g/mol. The van der Waals surface area contributed by atoms with Gasteiger partial charge in [-0.15, -0.1) is 8.78 Å². The van der Waals surface area contributed by atoms with Crippen molar-refractivity contribution in [1.82, 2.24) is 5.06 Å². The summed E-state index contributed by atoms with van der Waals surface area (Å²) in [5.41, 5.74) is 0.696. The highest BCUT2D eigenvalue weighted by Crippen LogP contribution is 2.47. The van der Waals surface area contributed by atoms with Gasteiger partial charge < -0.3 is 9.47 Å². The van der Waals surface area contributed by atoms with E-state index in [1.165, 1.54) is 24.3 Å². The number of nitrogens with zero attached hydrogens (tertiary/aromatic N) is 3. The zero-order chi connectivity index (χ0) is 25.4. The lowest BCUT2D eigenvalue weighted by Gasteiger charge is -2.31. The number of benzene rings is 2. The second kappa shape index (κ2) is 8.78. The summed E-state index contributed by atoms with van der Waals surface area (Å²) >= 11 is 0. The molecule has 0 bridgehead atoms. The van der Waals surface area contributed by atoms with Crippen molar-refractivity contribution in [3.05, 3.63) is 71.4 Å². The number of hydrazine groups is 1. The predicted octanol–water partition coefficient (Wildman–Crippen LogP) is 4.20. The number of carbonyl (C=O) groups is 1. The van der Waals surface area contributed by atoms with Gasteiger partial charge in [0.1, 0.15) is 29.0 Å². The third-order valence-electron chi connectivity index (χ3n) is 4.69. The van der Waals surface area contributed by atoms with Gasteiger partial charge in [0.2, 0.25) is 6.41 Å². The first-order valence-electron chi connectivity index (χ1n) is 9.57. The van der Waals surface area contributed by atoms with Crippen LogP contribution in [-0.2, 0) is 15.6 Å². The molecule has 0 unspecified atom stereocenters. The van der Waals surface area contributed by atoms with E-state index in [2.05, 4.69) is 14.9 Å². The largest absolute Gasteiger partial charge is 0.540 e. The Kier molecular flexibility index (Phi) is 5.97. The molecule has 1 amide bonds. The van der Waals surface area contributed by atoms with Crippen LogP contribution in [0, 0.1) is 17.1 Å². The van der Waals surface area contributed by atoms with Gasteiger partial charge >= 0.3 is 12.4 Å². The minimum atomic E-state index is -4.55. The second-order valence-electron chi connectivity index (χ2n) is 7.03. The van der Waals surface area contributed by atoms with Gasteiger partial charge in [-0.25, -0.2) is 19.2 Å². The van der Waals surface area contributed by atoms with Crippen molar-refractivity contribution in [1.29, 1.82) is 5.26 Å². The van der Waals surface area contributed by atoms with Crippen LogP contribution in [0.2, 0.25) is 0 Å². The summed E-state index contributed by atoms with van der Waals surface area (Å²) in [6.45, 7) is -0.0291. The Bertz CT molecular complexity index is 1280. The Morgan fingerprint density at radius 1 is 1.23 bits per heavy atom. The molecule has 0 spiro atoms. The summed E-state index contributed by atoms with van der Waals surface area (Å²) in [7, 11) is 0. The number of hydrogen-bond donors (Lipinski definition) is 2. The minimum absolute atomic E-state index is 0.0144. The van der Waals surface area contributed by atoms with E-state index >= 15 is 0 Å². The number of hydrogen-bond acceptors (Lipinski definition) is 8. The highest BCUT2D eigenvalue weighted by Gasteiger charge is 2.54. The molecular weight excluding hydrogens is 483 g/mol. The number of alkyl halides is 4. The van der Waals surface area contributed by atoms with Crippen LogP contribution in [-0.4, -0.2) is 29.5 Å². The molecule has 0 radical (unpaired) electrons. The molecule has 14 heteroatoms. The van der Waals surface area contributed by atoms with E-state index in [4.69, 9.17) is 10.00 Å². The Balaban J connectivity index is 1.53. The maximum Gasteiger partial charge on any atom is 0.540 e. The minimum Gasteiger partial charge on any atom is -0.457 e. The van der Waals surface area contributed by atoms with Crippen LogP contribution in [0.5, 0.6) is 11.5 Å². The molecule has 2 aliphatic heterocycles. The lowest BCUT2D eigenvalue weighted by Crippen LogP contribution is -2.41. The molecule has 2 N–H and O–H groups in total. The molecule has 0 fully saturated rings. The lowest BCUT2D eigenvalue weighted by atomic mass is 10.1. The van der Waals surface area contributed by atoms with E-state index in [1.807, 2.05) is 0 Å². The molecule has 2 aromatic rings. The lowest BCUT2D eigenvalue weighted by molar-refractivity contribution is -0.461. The molecule has 35 heavy (non-hydrogen) atoms. The monoisotopic (exact) mass is 496 g/mol. The Morgan fingerprint density at radius 3 is 2.69 bits per heavy atom. The number of nitriles is 1. The van der Waals surface area contributed by atoms with Crippen molar-refractivity contribution in [2.75, 3.05) is 17.0 Å². The van der Waals surface area contributed by atoms with Gasteiger partial charge in [0.05, 0.1) is 23.5 Å². The maximum absolute atomic E-state index is 14.6. The van der Waals surface area contributed by atoms with Crippen LogP contribution in [0.25, 0.3) is 0 Å². The van der Waals surface area contributed by atoms with Crippen LogP contribution in [0.4, 0.5) is 33.3 Å². The van der Waals surface area contributed by atoms with Crippen LogP contribution in [0.15, 0.2) is 60.0 Å². The van der Waals surface area contributed by atoms with Crippen molar-refractivity contribution in [3.8, 4) is 17.6 Å². The molecule has 4 rings (SSSR count). The van der Waals surface area contributed by atoms with Crippen molar-refractivity contribution in [2.45, 2.75) is 12.4 Å². The van der Waals surface area contributed by atoms with Crippen molar-refractivity contribution in [3.63, 3.8) is 0 Å². The van der Waals surface area contributed by atoms with Gasteiger partial charge in [-0.1, -0.05) is 0 Å². The van der Waals surface area contributed by atoms with Crippen LogP contribution in [0.3, 0.4) is 0 Å². The summed E-state index contributed by atoms with van der Waals surface area (Å²) in [6.07, 6.45) is -6.16. The number of hydroxylamine groups is 2. The summed E-state index contributed by atoms with van der Waals surface area (Å²) in [5.74, 6) is -1.58. The summed E-state index contributed by atoms with van der Waals surface area (Å²) < 4.78 is 81.9. The first-order chi connectivity index (χ1) is 16.5. The Morgan fingerprint density at radius 2 is 2.00 bits per heavy atom. The molecule has 2 aliphatic rings. The number of allylic oxidation sites excluding steroid dienone is 2. The zero-order valence-corrected chi connectivity index (χ0v) is 17.2. The smallest absolute Gasteiger partial charge is 0.457 e. The number of rotatable bonds is 6. The standard InChI is InChI=1S/C21H13F5N4O5/c22-17-9-14(33-15-5-6-30(32)13(7-15)10-27)2-3-18(17)28-29(11-31)12-1-4-19-16(8-12)20(23,24)35-21(25,26)34-19/h1-5,7-9,11,28,32H,6H2. The van der Waals surface area contributed by atoms with E-state index in [0.717, 1.165) is 18.2 Å². The first kappa shape index (κ1) is 23.8. The van der Waals surface area contributed by atoms with Gasteiger partial charge in [-0.2, -0.15) is 14.0 Å². The van der Waals surface area contributed by atoms with Crippen LogP contribution < -0.4 is 19.9 Å². The van der Waals surface area contributed by atoms with Crippen LogP contribution in [0.1, 0.15) is 5.56 Å². The number of anilines is 2. The van der Waals surface area contributed by atoms with E-state index in [-0.39, 0.29) is 41.5 Å². The average Bonchev–Trinajstić information content (AvgIpc) is 2.78. The fourth-order valence-electron chi connectivity index (χ4n) is 3.11. The molecule has 2 aromatic carbocycles. The number of fused-ring (bicyclic) bond motifs is 1. The zero-order valence-electron chi connectivity index (χ0n) is 17.2. The van der Waals surface area contributed by atoms with E-state index in [0.29, 0.717) is 16.1 Å². The predicted molar refractivity (Wildman–Crippen MR) is 106 cm³/mol. The highest BCUT2D eigenvalue weighted by atomic mass is 19.3. The molecule has 0 saturated carbocycles. The highest BCUT2D eigenvalue weighted by molar-refractivity contribution is 5.79. The molecule has 0 aromatic heterocycles. The Hall–Kier alpha value is -4.35. The van der Waals surface area contributed by atoms with E-state index in [9.17, 15) is 32.0 Å². The molecule has 9 nitrogen and oxygen atoms in total. The Labute approximate surface area is 193 Å². The van der Waals surface area contributed by atoms with Crippen molar-refractivity contribution >= 4 is 17.8 Å². The third kappa shape index (κ3) is 4.95.